The first-order valence-corrected chi connectivity index (χ1v) is 12.7. The molecule has 2 saturated heterocycles. The van der Waals surface area contributed by atoms with Gasteiger partial charge in [-0.1, -0.05) is 34.1 Å². The van der Waals surface area contributed by atoms with Gasteiger partial charge in [-0.15, -0.1) is 11.3 Å². The van der Waals surface area contributed by atoms with Gasteiger partial charge < -0.3 is 19.7 Å². The lowest BCUT2D eigenvalue weighted by molar-refractivity contribution is -0.154. The van der Waals surface area contributed by atoms with Crippen molar-refractivity contribution in [1.29, 1.82) is 0 Å². The second-order valence-corrected chi connectivity index (χ2v) is 11.2. The SMILES string of the molecule is Cc1nc(/C=C/[C@@H]2C[C@@H]3O[C@@H]3CCC[C@H](C)C(O)[C@@H](C)C(=O)C(C)(C)[C@@H](O)CC(=O)O2)cs1. The molecule has 184 valence electrons. The van der Waals surface area contributed by atoms with E-state index in [-0.39, 0.29) is 30.3 Å². The highest BCUT2D eigenvalue weighted by Crippen LogP contribution is 2.35. The maximum atomic E-state index is 13.1. The number of carbonyl (C=O) groups excluding carboxylic acids is 2. The number of aromatic nitrogens is 1. The molecule has 2 fully saturated rings. The number of aliphatic hydroxyl groups is 2. The molecule has 8 heteroatoms. The Labute approximate surface area is 200 Å². The van der Waals surface area contributed by atoms with Crippen molar-refractivity contribution in [2.75, 3.05) is 0 Å². The number of hydrogen-bond acceptors (Lipinski definition) is 8. The first-order chi connectivity index (χ1) is 15.5. The minimum Gasteiger partial charge on any atom is -0.458 e. The second-order valence-electron chi connectivity index (χ2n) is 10.1. The van der Waals surface area contributed by atoms with Crippen molar-refractivity contribution >= 4 is 29.2 Å². The van der Waals surface area contributed by atoms with Crippen LogP contribution < -0.4 is 0 Å². The Morgan fingerprint density at radius 2 is 1.91 bits per heavy atom. The van der Waals surface area contributed by atoms with Crippen molar-refractivity contribution in [3.63, 3.8) is 0 Å². The zero-order chi connectivity index (χ0) is 24.3. The van der Waals surface area contributed by atoms with E-state index < -0.39 is 35.6 Å². The third-order valence-corrected chi connectivity index (χ3v) is 7.83. The molecule has 1 aromatic heterocycles. The average molecular weight is 480 g/mol. The predicted molar refractivity (Wildman–Crippen MR) is 127 cm³/mol. The number of ether oxygens (including phenoxy) is 2. The van der Waals surface area contributed by atoms with Crippen LogP contribution in [0.2, 0.25) is 0 Å². The summed E-state index contributed by atoms with van der Waals surface area (Å²) >= 11 is 1.55. The summed E-state index contributed by atoms with van der Waals surface area (Å²) in [5.74, 6) is -1.52. The van der Waals surface area contributed by atoms with E-state index in [0.29, 0.717) is 6.42 Å². The summed E-state index contributed by atoms with van der Waals surface area (Å²) in [5.41, 5.74) is -0.382. The van der Waals surface area contributed by atoms with Gasteiger partial charge >= 0.3 is 5.97 Å². The van der Waals surface area contributed by atoms with Gasteiger partial charge in [0.1, 0.15) is 11.9 Å². The van der Waals surface area contributed by atoms with Crippen LogP contribution in [0.3, 0.4) is 0 Å². The van der Waals surface area contributed by atoms with Crippen molar-refractivity contribution in [1.82, 2.24) is 4.98 Å². The zero-order valence-corrected chi connectivity index (χ0v) is 21.0. The number of cyclic esters (lactones) is 1. The smallest absolute Gasteiger partial charge is 0.309 e. The Morgan fingerprint density at radius 3 is 2.58 bits per heavy atom. The van der Waals surface area contributed by atoms with Crippen LogP contribution in [0.25, 0.3) is 6.08 Å². The number of aliphatic hydroxyl groups excluding tert-OH is 2. The fourth-order valence-corrected chi connectivity index (χ4v) is 5.12. The van der Waals surface area contributed by atoms with Gasteiger partial charge in [0, 0.05) is 17.7 Å². The third kappa shape index (κ3) is 6.72. The molecular weight excluding hydrogens is 442 g/mol. The predicted octanol–water partition coefficient (Wildman–Crippen LogP) is 3.70. The largest absolute Gasteiger partial charge is 0.458 e. The number of rotatable bonds is 2. The molecule has 7 atom stereocenters. The lowest BCUT2D eigenvalue weighted by Crippen LogP contribution is -2.45. The molecular formula is C25H37NO6S. The molecule has 7 nitrogen and oxygen atoms in total. The van der Waals surface area contributed by atoms with Gasteiger partial charge in [0.15, 0.2) is 0 Å². The molecule has 0 aromatic carbocycles. The molecule has 1 unspecified atom stereocenters. The van der Waals surface area contributed by atoms with E-state index in [1.54, 1.807) is 32.1 Å². The molecule has 2 aliphatic heterocycles. The van der Waals surface area contributed by atoms with Crippen LogP contribution >= 0.6 is 11.3 Å². The topological polar surface area (TPSA) is 109 Å². The second kappa shape index (κ2) is 10.8. The standard InChI is InChI=1S/C25H37NO6S/c1-14-7-6-8-19-20(32-19)11-18(10-9-17-13-33-16(3)26-17)31-22(28)12-21(27)25(4,5)24(30)15(2)23(14)29/h9-10,13-15,18-21,23,27,29H,6-8,11-12H2,1-5H3/b10-9+/t14-,15+,18+,19+,20-,21-,23?/m0/s1. The minimum atomic E-state index is -1.22. The quantitative estimate of drug-likeness (QED) is 0.492. The van der Waals surface area contributed by atoms with Crippen molar-refractivity contribution in [3.05, 3.63) is 22.2 Å². The number of thiazole rings is 1. The highest BCUT2D eigenvalue weighted by Gasteiger charge is 2.44. The van der Waals surface area contributed by atoms with Crippen molar-refractivity contribution in [2.45, 2.75) is 97.2 Å². The molecule has 0 saturated carbocycles. The normalized spacial score (nSPS) is 36.4. The molecule has 0 bridgehead atoms. The molecule has 1 aromatic rings. The average Bonchev–Trinajstić information content (AvgIpc) is 3.35. The lowest BCUT2D eigenvalue weighted by atomic mass is 9.73. The zero-order valence-electron chi connectivity index (χ0n) is 20.2. The number of carbonyl (C=O) groups is 2. The Hall–Kier alpha value is -1.61. The highest BCUT2D eigenvalue weighted by molar-refractivity contribution is 7.09. The molecule has 0 amide bonds. The third-order valence-electron chi connectivity index (χ3n) is 7.04. The van der Waals surface area contributed by atoms with Crippen LogP contribution in [0.15, 0.2) is 11.5 Å². The Morgan fingerprint density at radius 1 is 1.18 bits per heavy atom. The van der Waals surface area contributed by atoms with E-state index in [4.69, 9.17) is 9.47 Å². The summed E-state index contributed by atoms with van der Waals surface area (Å²) < 4.78 is 11.5. The Balaban J connectivity index is 1.77. The number of aryl methyl sites for hydroxylation is 1. The van der Waals surface area contributed by atoms with Crippen molar-refractivity contribution < 1.29 is 29.3 Å². The molecule has 0 radical (unpaired) electrons. The van der Waals surface area contributed by atoms with Crippen molar-refractivity contribution in [3.8, 4) is 0 Å². The first-order valence-electron chi connectivity index (χ1n) is 11.8. The summed E-state index contributed by atoms with van der Waals surface area (Å²) in [6.45, 7) is 8.82. The summed E-state index contributed by atoms with van der Waals surface area (Å²) in [5, 5.41) is 24.4. The van der Waals surface area contributed by atoms with Gasteiger partial charge in [-0.25, -0.2) is 4.98 Å². The molecule has 3 rings (SSSR count). The number of hydrogen-bond donors (Lipinski definition) is 2. The summed E-state index contributed by atoms with van der Waals surface area (Å²) in [6, 6.07) is 0. The highest BCUT2D eigenvalue weighted by atomic mass is 32.1. The maximum Gasteiger partial charge on any atom is 0.309 e. The molecule has 0 aliphatic carbocycles. The number of ketones is 1. The monoisotopic (exact) mass is 479 g/mol. The summed E-state index contributed by atoms with van der Waals surface area (Å²) in [4.78, 5) is 30.2. The van der Waals surface area contributed by atoms with E-state index in [1.807, 2.05) is 31.4 Å². The van der Waals surface area contributed by atoms with Crippen LogP contribution in [0.4, 0.5) is 0 Å². The number of nitrogens with zero attached hydrogens (tertiary/aromatic N) is 1. The van der Waals surface area contributed by atoms with Crippen LogP contribution in [-0.2, 0) is 19.1 Å². The van der Waals surface area contributed by atoms with Crippen LogP contribution in [0.5, 0.6) is 0 Å². The molecule has 2 N–H and O–H groups in total. The fourth-order valence-electron chi connectivity index (χ4n) is 4.54. The van der Waals surface area contributed by atoms with E-state index >= 15 is 0 Å². The van der Waals surface area contributed by atoms with Gasteiger partial charge in [0.25, 0.3) is 0 Å². The summed E-state index contributed by atoms with van der Waals surface area (Å²) in [7, 11) is 0. The van der Waals surface area contributed by atoms with Crippen LogP contribution in [-0.4, -0.2) is 57.5 Å². The van der Waals surface area contributed by atoms with E-state index in [2.05, 4.69) is 4.98 Å². The molecule has 2 aliphatic rings. The number of esters is 1. The van der Waals surface area contributed by atoms with Crippen molar-refractivity contribution in [2.24, 2.45) is 17.3 Å². The summed E-state index contributed by atoms with van der Waals surface area (Å²) in [6.07, 6.45) is 4.02. The Kier molecular flexibility index (Phi) is 8.48. The first kappa shape index (κ1) is 26.0. The molecule has 33 heavy (non-hydrogen) atoms. The number of fused-ring (bicyclic) bond motifs is 1. The fraction of sp³-hybridized carbons (Fsp3) is 0.720. The number of Topliss-reactive ketones (excluding diaryl/α,β-unsaturated/α-hetero) is 1. The van der Waals surface area contributed by atoms with Gasteiger partial charge in [0.2, 0.25) is 0 Å². The van der Waals surface area contributed by atoms with Gasteiger partial charge in [-0.05, 0) is 37.8 Å². The number of epoxide rings is 1. The van der Waals surface area contributed by atoms with Gasteiger partial charge in [0.05, 0.1) is 47.0 Å². The van der Waals surface area contributed by atoms with Crippen LogP contribution in [0, 0.1) is 24.2 Å². The van der Waals surface area contributed by atoms with E-state index in [0.717, 1.165) is 30.0 Å². The molecule has 3 heterocycles. The maximum absolute atomic E-state index is 13.1. The van der Waals surface area contributed by atoms with Gasteiger partial charge in [-0.2, -0.15) is 0 Å². The minimum absolute atomic E-state index is 0.0135. The molecule has 0 spiro atoms. The van der Waals surface area contributed by atoms with E-state index in [1.165, 1.54) is 0 Å². The van der Waals surface area contributed by atoms with Gasteiger partial charge in [-0.3, -0.25) is 9.59 Å². The lowest BCUT2D eigenvalue weighted by Gasteiger charge is -2.34. The Bertz CT molecular complexity index is 865. The van der Waals surface area contributed by atoms with E-state index in [9.17, 15) is 19.8 Å². The van der Waals surface area contributed by atoms with Crippen LogP contribution in [0.1, 0.15) is 70.5 Å².